The number of ether oxygens (including phenoxy) is 3. The van der Waals surface area contributed by atoms with E-state index < -0.39 is 10.1 Å². The summed E-state index contributed by atoms with van der Waals surface area (Å²) >= 11 is 16.5. The fourth-order valence-corrected chi connectivity index (χ4v) is 0.998. The van der Waals surface area contributed by atoms with Gasteiger partial charge in [-0.25, -0.2) is 0 Å². The molecule has 1 atom stereocenters. The van der Waals surface area contributed by atoms with Gasteiger partial charge in [-0.15, -0.1) is 0 Å². The standard InChI is InChI=1S/C5H7Cl3O3/c6-5(7,8)4-10-2-1-9-3-11-4/h4H,1-3H2. The van der Waals surface area contributed by atoms with E-state index in [0.717, 1.165) is 0 Å². The van der Waals surface area contributed by atoms with Crippen LogP contribution in [-0.2, 0) is 14.2 Å². The Kier molecular flexibility index (Phi) is 3.68. The summed E-state index contributed by atoms with van der Waals surface area (Å²) in [6.07, 6.45) is -0.838. The minimum absolute atomic E-state index is 0.0958. The van der Waals surface area contributed by atoms with Crippen LogP contribution in [0, 0.1) is 0 Å². The van der Waals surface area contributed by atoms with Crippen molar-refractivity contribution in [1.29, 1.82) is 0 Å². The molecule has 1 rings (SSSR count). The van der Waals surface area contributed by atoms with Crippen molar-refractivity contribution >= 4 is 34.8 Å². The van der Waals surface area contributed by atoms with Gasteiger partial charge in [0.1, 0.15) is 6.79 Å². The van der Waals surface area contributed by atoms with Crippen molar-refractivity contribution < 1.29 is 14.2 Å². The molecule has 6 heteroatoms. The lowest BCUT2D eigenvalue weighted by Gasteiger charge is -2.21. The van der Waals surface area contributed by atoms with Crippen molar-refractivity contribution in [3.63, 3.8) is 0 Å². The predicted octanol–water partition coefficient (Wildman–Crippen LogP) is 1.70. The lowest BCUT2D eigenvalue weighted by atomic mass is 10.7. The lowest BCUT2D eigenvalue weighted by molar-refractivity contribution is -0.148. The molecule has 11 heavy (non-hydrogen) atoms. The summed E-state index contributed by atoms with van der Waals surface area (Å²) in [5, 5.41) is 0. The van der Waals surface area contributed by atoms with Crippen molar-refractivity contribution in [3.8, 4) is 0 Å². The minimum atomic E-state index is -1.55. The van der Waals surface area contributed by atoms with Crippen molar-refractivity contribution in [2.24, 2.45) is 0 Å². The van der Waals surface area contributed by atoms with Crippen molar-refractivity contribution in [1.82, 2.24) is 0 Å². The Morgan fingerprint density at radius 3 is 2.45 bits per heavy atom. The monoisotopic (exact) mass is 220 g/mol. The van der Waals surface area contributed by atoms with E-state index in [0.29, 0.717) is 13.2 Å². The average molecular weight is 221 g/mol. The first kappa shape index (κ1) is 9.84. The zero-order chi connectivity index (χ0) is 8.32. The van der Waals surface area contributed by atoms with E-state index in [1.807, 2.05) is 0 Å². The Morgan fingerprint density at radius 2 is 1.82 bits per heavy atom. The molecule has 0 aromatic carbocycles. The number of halogens is 3. The molecule has 0 saturated carbocycles. The van der Waals surface area contributed by atoms with E-state index in [1.54, 1.807) is 0 Å². The predicted molar refractivity (Wildman–Crippen MR) is 41.9 cm³/mol. The Hall–Kier alpha value is 0.750. The molecule has 1 unspecified atom stereocenters. The lowest BCUT2D eigenvalue weighted by Crippen LogP contribution is -2.31. The zero-order valence-electron chi connectivity index (χ0n) is 5.56. The summed E-state index contributed by atoms with van der Waals surface area (Å²) in [5.41, 5.74) is 0. The molecule has 0 radical (unpaired) electrons. The molecule has 0 bridgehead atoms. The summed E-state index contributed by atoms with van der Waals surface area (Å²) in [4.78, 5) is 0. The summed E-state index contributed by atoms with van der Waals surface area (Å²) in [6.45, 7) is 0.925. The molecule has 0 spiro atoms. The molecule has 1 saturated heterocycles. The summed E-state index contributed by atoms with van der Waals surface area (Å²) < 4.78 is 13.3. The van der Waals surface area contributed by atoms with E-state index in [1.165, 1.54) is 0 Å². The highest BCUT2D eigenvalue weighted by atomic mass is 35.6. The SMILES string of the molecule is ClC(Cl)(Cl)C1OCCOCO1. The molecular weight excluding hydrogens is 214 g/mol. The van der Waals surface area contributed by atoms with E-state index in [2.05, 4.69) is 0 Å². The highest BCUT2D eigenvalue weighted by Gasteiger charge is 2.35. The van der Waals surface area contributed by atoms with Crippen LogP contribution >= 0.6 is 34.8 Å². The second-order valence-electron chi connectivity index (χ2n) is 1.94. The van der Waals surface area contributed by atoms with Crippen LogP contribution in [0.5, 0.6) is 0 Å². The second-order valence-corrected chi connectivity index (χ2v) is 4.31. The number of hydrogen-bond donors (Lipinski definition) is 0. The van der Waals surface area contributed by atoms with Gasteiger partial charge >= 0.3 is 0 Å². The van der Waals surface area contributed by atoms with Gasteiger partial charge in [-0.2, -0.15) is 0 Å². The van der Waals surface area contributed by atoms with Gasteiger partial charge in [0.15, 0.2) is 0 Å². The van der Waals surface area contributed by atoms with E-state index in [4.69, 9.17) is 49.0 Å². The summed E-state index contributed by atoms with van der Waals surface area (Å²) in [6, 6.07) is 0. The fourth-order valence-electron chi connectivity index (χ4n) is 0.620. The zero-order valence-corrected chi connectivity index (χ0v) is 7.83. The molecule has 3 nitrogen and oxygen atoms in total. The van der Waals surface area contributed by atoms with Crippen LogP contribution in [0.4, 0.5) is 0 Å². The van der Waals surface area contributed by atoms with Crippen LogP contribution in [0.2, 0.25) is 0 Å². The van der Waals surface area contributed by atoms with Crippen molar-refractivity contribution in [3.05, 3.63) is 0 Å². The van der Waals surface area contributed by atoms with Crippen LogP contribution in [-0.4, -0.2) is 30.1 Å². The fraction of sp³-hybridized carbons (Fsp3) is 1.00. The van der Waals surface area contributed by atoms with Gasteiger partial charge in [0.2, 0.25) is 10.1 Å². The van der Waals surface area contributed by atoms with Gasteiger partial charge in [-0.3, -0.25) is 0 Å². The molecule has 1 fully saturated rings. The molecule has 0 aromatic heterocycles. The van der Waals surface area contributed by atoms with Gasteiger partial charge in [0.25, 0.3) is 0 Å². The third kappa shape index (κ3) is 3.32. The van der Waals surface area contributed by atoms with Crippen molar-refractivity contribution in [2.75, 3.05) is 20.0 Å². The Bertz CT molecular complexity index is 117. The second kappa shape index (κ2) is 4.12. The maximum atomic E-state index is 5.51. The topological polar surface area (TPSA) is 27.7 Å². The first-order valence-electron chi connectivity index (χ1n) is 2.98. The van der Waals surface area contributed by atoms with Crippen LogP contribution in [0.25, 0.3) is 0 Å². The molecule has 1 aliphatic heterocycles. The number of rotatable bonds is 0. The Labute approximate surface area is 79.4 Å². The average Bonchev–Trinajstić information content (AvgIpc) is 2.10. The largest absolute Gasteiger partial charge is 0.353 e. The quantitative estimate of drug-likeness (QED) is 0.583. The Balaban J connectivity index is 2.43. The van der Waals surface area contributed by atoms with Crippen LogP contribution in [0.15, 0.2) is 0 Å². The van der Waals surface area contributed by atoms with Crippen molar-refractivity contribution in [2.45, 2.75) is 10.1 Å². The van der Waals surface area contributed by atoms with Crippen LogP contribution in [0.3, 0.4) is 0 Å². The van der Waals surface area contributed by atoms with Crippen LogP contribution < -0.4 is 0 Å². The van der Waals surface area contributed by atoms with Gasteiger partial charge < -0.3 is 14.2 Å². The molecule has 1 aliphatic rings. The maximum Gasteiger partial charge on any atom is 0.240 e. The van der Waals surface area contributed by atoms with E-state index in [-0.39, 0.29) is 6.79 Å². The van der Waals surface area contributed by atoms with Gasteiger partial charge in [-0.05, 0) is 0 Å². The highest BCUT2D eigenvalue weighted by molar-refractivity contribution is 6.67. The molecular formula is C5H7Cl3O3. The summed E-state index contributed by atoms with van der Waals surface area (Å²) in [7, 11) is 0. The van der Waals surface area contributed by atoms with Gasteiger partial charge in [0, 0.05) is 0 Å². The van der Waals surface area contributed by atoms with E-state index in [9.17, 15) is 0 Å². The first-order valence-corrected chi connectivity index (χ1v) is 4.12. The Morgan fingerprint density at radius 1 is 1.09 bits per heavy atom. The molecule has 66 valence electrons. The maximum absolute atomic E-state index is 5.51. The summed E-state index contributed by atoms with van der Waals surface area (Å²) in [5.74, 6) is 0. The molecule has 0 amide bonds. The normalized spacial score (nSPS) is 28.1. The third-order valence-electron chi connectivity index (χ3n) is 1.07. The number of alkyl halides is 3. The number of hydrogen-bond acceptors (Lipinski definition) is 3. The highest BCUT2D eigenvalue weighted by Crippen LogP contribution is 2.33. The molecule has 0 aliphatic carbocycles. The first-order chi connectivity index (χ1) is 5.11. The molecule has 1 heterocycles. The van der Waals surface area contributed by atoms with E-state index >= 15 is 0 Å². The molecule has 0 N–H and O–H groups in total. The van der Waals surface area contributed by atoms with Crippen LogP contribution in [0.1, 0.15) is 0 Å². The minimum Gasteiger partial charge on any atom is -0.353 e. The van der Waals surface area contributed by atoms with Gasteiger partial charge in [0.05, 0.1) is 13.2 Å². The third-order valence-corrected chi connectivity index (χ3v) is 1.60. The molecule has 0 aromatic rings. The van der Waals surface area contributed by atoms with Gasteiger partial charge in [-0.1, -0.05) is 34.8 Å². The smallest absolute Gasteiger partial charge is 0.240 e.